The summed E-state index contributed by atoms with van der Waals surface area (Å²) in [4.78, 5) is 2.56. The van der Waals surface area contributed by atoms with E-state index >= 15 is 0 Å². The van der Waals surface area contributed by atoms with Gasteiger partial charge in [-0.25, -0.2) is 0 Å². The Morgan fingerprint density at radius 2 is 2.08 bits per heavy atom. The Bertz CT molecular complexity index is 95.8. The van der Waals surface area contributed by atoms with E-state index in [1.165, 1.54) is 32.4 Å². The molecule has 1 fully saturated rings. The molecule has 0 aromatic carbocycles. The summed E-state index contributed by atoms with van der Waals surface area (Å²) in [6, 6.07) is 0.870. The smallest absolute Gasteiger partial charge is 0 e. The van der Waals surface area contributed by atoms with Crippen LogP contribution in [0.15, 0.2) is 0 Å². The van der Waals surface area contributed by atoms with Gasteiger partial charge in [-0.1, -0.05) is 20.3 Å². The second-order valence-corrected chi connectivity index (χ2v) is 3.05. The Labute approximate surface area is 103 Å². The number of nitrogens with zero attached hydrogens (tertiary/aromatic N) is 1. The number of hydrogen-bond donors (Lipinski definition) is 0. The molecule has 1 unspecified atom stereocenters. The Kier molecular flexibility index (Phi) is 11.2. The van der Waals surface area contributed by atoms with Gasteiger partial charge in [0.15, 0.2) is 0 Å². The quantitative estimate of drug-likeness (QED) is 0.689. The van der Waals surface area contributed by atoms with Crippen LogP contribution < -0.4 is 0 Å². The Morgan fingerprint density at radius 1 is 1.42 bits per heavy atom. The molecule has 0 amide bonds. The Morgan fingerprint density at radius 3 is 2.58 bits per heavy atom. The summed E-state index contributed by atoms with van der Waals surface area (Å²) in [5.41, 5.74) is 0. The van der Waals surface area contributed by atoms with Crippen LogP contribution in [0.2, 0.25) is 0 Å². The standard InChI is InChI=1S/C9H18N.CH3.Y/c1-3-6-9-7-5-8-10(9)4-2;;/h5,9H,3-4,6-8H2,1-2H3;1H3;/q2*-1;. The van der Waals surface area contributed by atoms with Crippen molar-refractivity contribution in [2.45, 2.75) is 39.2 Å². The van der Waals surface area contributed by atoms with Crippen LogP contribution in [-0.2, 0) is 32.7 Å². The van der Waals surface area contributed by atoms with Gasteiger partial charge >= 0.3 is 0 Å². The zero-order chi connectivity index (χ0) is 7.40. The number of likely N-dealkylation sites (tertiary alicyclic amines) is 1. The van der Waals surface area contributed by atoms with Crippen LogP contribution in [-0.4, -0.2) is 24.0 Å². The fourth-order valence-corrected chi connectivity index (χ4v) is 1.75. The first-order chi connectivity index (χ1) is 4.88. The summed E-state index contributed by atoms with van der Waals surface area (Å²) in [5.74, 6) is 0. The van der Waals surface area contributed by atoms with Crippen LogP contribution in [0.3, 0.4) is 0 Å². The van der Waals surface area contributed by atoms with Crippen LogP contribution in [0.5, 0.6) is 0 Å². The van der Waals surface area contributed by atoms with Crippen molar-refractivity contribution in [2.24, 2.45) is 0 Å². The predicted molar refractivity (Wildman–Crippen MR) is 51.3 cm³/mol. The van der Waals surface area contributed by atoms with Gasteiger partial charge < -0.3 is 18.7 Å². The molecule has 1 saturated heterocycles. The number of hydrogen-bond acceptors (Lipinski definition) is 1. The first-order valence-corrected chi connectivity index (χ1v) is 4.44. The minimum atomic E-state index is 0. The third-order valence-corrected chi connectivity index (χ3v) is 2.35. The molecule has 1 atom stereocenters. The molecule has 0 aromatic heterocycles. The summed E-state index contributed by atoms with van der Waals surface area (Å²) in [5, 5.41) is 0. The maximum atomic E-state index is 2.56. The van der Waals surface area contributed by atoms with Gasteiger partial charge in [0.25, 0.3) is 0 Å². The van der Waals surface area contributed by atoms with Gasteiger partial charge in [0, 0.05) is 32.7 Å². The minimum Gasteiger partial charge on any atom is -0.358 e. The van der Waals surface area contributed by atoms with Gasteiger partial charge in [-0.15, -0.1) is 6.54 Å². The van der Waals surface area contributed by atoms with Crippen LogP contribution >= 0.6 is 0 Å². The SMILES string of the molecule is CCCC1C[CH-]CN1CC.[CH3-].[Y]. The third kappa shape index (κ3) is 4.34. The van der Waals surface area contributed by atoms with Crippen molar-refractivity contribution in [3.8, 4) is 0 Å². The third-order valence-electron chi connectivity index (χ3n) is 2.35. The topological polar surface area (TPSA) is 3.24 Å². The van der Waals surface area contributed by atoms with Gasteiger partial charge in [0.2, 0.25) is 0 Å². The minimum absolute atomic E-state index is 0. The normalized spacial score (nSPS) is 23.0. The summed E-state index contributed by atoms with van der Waals surface area (Å²) in [6.45, 7) is 6.97. The second kappa shape index (κ2) is 8.65. The summed E-state index contributed by atoms with van der Waals surface area (Å²) < 4.78 is 0. The fraction of sp³-hybridized carbons (Fsp3) is 0.800. The zero-order valence-electron chi connectivity index (χ0n) is 8.71. The average molecular weight is 244 g/mol. The van der Waals surface area contributed by atoms with Crippen molar-refractivity contribution in [2.75, 3.05) is 13.1 Å². The molecular formula is C10H21NY-2. The van der Waals surface area contributed by atoms with Gasteiger partial charge in [-0.05, 0) is 19.0 Å². The average Bonchev–Trinajstić information content (AvgIpc) is 2.36. The second-order valence-electron chi connectivity index (χ2n) is 3.05. The van der Waals surface area contributed by atoms with Gasteiger partial charge in [0.1, 0.15) is 0 Å². The van der Waals surface area contributed by atoms with E-state index in [4.69, 9.17) is 0 Å². The maximum absolute atomic E-state index is 2.56. The molecule has 1 heterocycles. The summed E-state index contributed by atoms with van der Waals surface area (Å²) >= 11 is 0. The number of rotatable bonds is 3. The molecule has 1 nitrogen and oxygen atoms in total. The van der Waals surface area contributed by atoms with Crippen molar-refractivity contribution >= 4 is 0 Å². The molecule has 2 heteroatoms. The molecule has 0 aromatic rings. The molecule has 0 N–H and O–H groups in total. The van der Waals surface area contributed by atoms with E-state index in [2.05, 4.69) is 25.2 Å². The Balaban J connectivity index is 0. The van der Waals surface area contributed by atoms with Crippen molar-refractivity contribution in [3.05, 3.63) is 13.8 Å². The molecule has 1 aliphatic rings. The molecule has 0 aliphatic carbocycles. The Hall–Kier alpha value is 1.06. The largest absolute Gasteiger partial charge is 0.358 e. The fourth-order valence-electron chi connectivity index (χ4n) is 1.75. The van der Waals surface area contributed by atoms with Crippen LogP contribution in [0.1, 0.15) is 33.1 Å². The van der Waals surface area contributed by atoms with Crippen molar-refractivity contribution in [1.29, 1.82) is 0 Å². The van der Waals surface area contributed by atoms with E-state index in [0.717, 1.165) is 6.04 Å². The van der Waals surface area contributed by atoms with Crippen LogP contribution in [0.4, 0.5) is 0 Å². The first kappa shape index (κ1) is 15.5. The maximum Gasteiger partial charge on any atom is 0 e. The van der Waals surface area contributed by atoms with Gasteiger partial charge in [-0.2, -0.15) is 6.42 Å². The predicted octanol–water partition coefficient (Wildman–Crippen LogP) is 2.53. The zero-order valence-corrected chi connectivity index (χ0v) is 11.6. The molecular weight excluding hydrogens is 223 g/mol. The van der Waals surface area contributed by atoms with Crippen molar-refractivity contribution in [3.63, 3.8) is 0 Å². The van der Waals surface area contributed by atoms with Crippen molar-refractivity contribution < 1.29 is 32.7 Å². The van der Waals surface area contributed by atoms with Crippen LogP contribution in [0.25, 0.3) is 0 Å². The summed E-state index contributed by atoms with van der Waals surface area (Å²) in [7, 11) is 0. The van der Waals surface area contributed by atoms with E-state index in [1.807, 2.05) is 0 Å². The van der Waals surface area contributed by atoms with E-state index in [9.17, 15) is 0 Å². The monoisotopic (exact) mass is 244 g/mol. The molecule has 1 rings (SSSR count). The first-order valence-electron chi connectivity index (χ1n) is 4.44. The van der Waals surface area contributed by atoms with E-state index in [-0.39, 0.29) is 40.1 Å². The summed E-state index contributed by atoms with van der Waals surface area (Å²) in [6.07, 6.45) is 6.44. The van der Waals surface area contributed by atoms with E-state index in [0.29, 0.717) is 0 Å². The van der Waals surface area contributed by atoms with Gasteiger partial charge in [-0.3, -0.25) is 0 Å². The van der Waals surface area contributed by atoms with E-state index < -0.39 is 0 Å². The molecule has 0 spiro atoms. The molecule has 71 valence electrons. The van der Waals surface area contributed by atoms with Gasteiger partial charge in [0.05, 0.1) is 0 Å². The molecule has 1 radical (unpaired) electrons. The van der Waals surface area contributed by atoms with Crippen molar-refractivity contribution in [1.82, 2.24) is 4.90 Å². The molecule has 1 aliphatic heterocycles. The molecule has 0 saturated carbocycles. The molecule has 0 bridgehead atoms. The van der Waals surface area contributed by atoms with E-state index in [1.54, 1.807) is 0 Å². The van der Waals surface area contributed by atoms with Crippen LogP contribution in [0, 0.1) is 13.8 Å². The molecule has 12 heavy (non-hydrogen) atoms.